The van der Waals surface area contributed by atoms with Crippen molar-refractivity contribution in [3.8, 4) is 0 Å². The Hall–Kier alpha value is -0.770. The molecule has 0 aliphatic rings. The first-order valence-electron chi connectivity index (χ1n) is 4.73. The monoisotopic (exact) mass is 259 g/mol. The van der Waals surface area contributed by atoms with Crippen LogP contribution < -0.4 is 0 Å². The number of hydrogen-bond acceptors (Lipinski definition) is 2. The van der Waals surface area contributed by atoms with Crippen LogP contribution in [0.4, 0.5) is 0 Å². The molecule has 14 heavy (non-hydrogen) atoms. The van der Waals surface area contributed by atoms with Crippen LogP contribution in [0.5, 0.6) is 0 Å². The number of nitrogens with zero attached hydrogens (tertiary/aromatic N) is 1. The Morgan fingerprint density at radius 3 is 2.71 bits per heavy atom. The normalized spacial score (nSPS) is 10.2. The zero-order chi connectivity index (χ0) is 10.6. The smallest absolute Gasteiger partial charge is 0.258 e. The summed E-state index contributed by atoms with van der Waals surface area (Å²) in [6.45, 7) is 5.54. The molecule has 3 nitrogen and oxygen atoms in total. The zero-order valence-electron chi connectivity index (χ0n) is 8.42. The molecule has 0 unspecified atom stereocenters. The van der Waals surface area contributed by atoms with Crippen molar-refractivity contribution >= 4 is 21.8 Å². The van der Waals surface area contributed by atoms with E-state index in [0.29, 0.717) is 10.2 Å². The van der Waals surface area contributed by atoms with Gasteiger partial charge in [0.2, 0.25) is 0 Å². The summed E-state index contributed by atoms with van der Waals surface area (Å²) in [5.41, 5.74) is 0.598. The van der Waals surface area contributed by atoms with E-state index in [1.807, 2.05) is 6.92 Å². The molecule has 0 bridgehead atoms. The number of rotatable bonds is 4. The Labute approximate surface area is 92.2 Å². The molecule has 0 saturated carbocycles. The quantitative estimate of drug-likeness (QED) is 0.833. The zero-order valence-corrected chi connectivity index (χ0v) is 10.0. The SMILES string of the molecule is CCCN(CC)C(=O)c1ccoc1Br. The fraction of sp³-hybridized carbons (Fsp3) is 0.500. The number of carbonyl (C=O) groups is 1. The highest BCUT2D eigenvalue weighted by molar-refractivity contribution is 9.10. The highest BCUT2D eigenvalue weighted by atomic mass is 79.9. The summed E-state index contributed by atoms with van der Waals surface area (Å²) in [6.07, 6.45) is 2.48. The van der Waals surface area contributed by atoms with Crippen LogP contribution in [0.1, 0.15) is 30.6 Å². The van der Waals surface area contributed by atoms with Crippen molar-refractivity contribution in [2.45, 2.75) is 20.3 Å². The first kappa shape index (κ1) is 11.3. The molecular formula is C10H14BrNO2. The minimum Gasteiger partial charge on any atom is -0.457 e. The van der Waals surface area contributed by atoms with E-state index in [9.17, 15) is 4.79 Å². The van der Waals surface area contributed by atoms with Gasteiger partial charge in [-0.15, -0.1) is 0 Å². The van der Waals surface area contributed by atoms with Gasteiger partial charge in [-0.2, -0.15) is 0 Å². The summed E-state index contributed by atoms with van der Waals surface area (Å²) < 4.78 is 5.54. The van der Waals surface area contributed by atoms with Crippen molar-refractivity contribution in [3.63, 3.8) is 0 Å². The predicted molar refractivity (Wildman–Crippen MR) is 58.3 cm³/mol. The molecule has 0 spiro atoms. The molecule has 78 valence electrons. The molecule has 0 atom stereocenters. The van der Waals surface area contributed by atoms with Crippen LogP contribution in [0.25, 0.3) is 0 Å². The van der Waals surface area contributed by atoms with Crippen molar-refractivity contribution in [1.29, 1.82) is 0 Å². The van der Waals surface area contributed by atoms with Gasteiger partial charge in [0.15, 0.2) is 4.67 Å². The van der Waals surface area contributed by atoms with Gasteiger partial charge in [-0.1, -0.05) is 6.92 Å². The van der Waals surface area contributed by atoms with E-state index < -0.39 is 0 Å². The predicted octanol–water partition coefficient (Wildman–Crippen LogP) is 2.91. The van der Waals surface area contributed by atoms with Gasteiger partial charge in [0.1, 0.15) is 0 Å². The lowest BCUT2D eigenvalue weighted by atomic mass is 10.3. The third-order valence-corrected chi connectivity index (χ3v) is 2.62. The van der Waals surface area contributed by atoms with Gasteiger partial charge in [-0.05, 0) is 35.3 Å². The van der Waals surface area contributed by atoms with Crippen LogP contribution in [0, 0.1) is 0 Å². The van der Waals surface area contributed by atoms with Crippen LogP contribution in [0.3, 0.4) is 0 Å². The average Bonchev–Trinajstić information content (AvgIpc) is 2.59. The van der Waals surface area contributed by atoms with Gasteiger partial charge >= 0.3 is 0 Å². The van der Waals surface area contributed by atoms with Crippen molar-refractivity contribution in [2.75, 3.05) is 13.1 Å². The summed E-state index contributed by atoms with van der Waals surface area (Å²) in [5, 5.41) is 0. The van der Waals surface area contributed by atoms with Crippen LogP contribution in [-0.2, 0) is 0 Å². The highest BCUT2D eigenvalue weighted by Gasteiger charge is 2.17. The maximum atomic E-state index is 11.9. The molecule has 4 heteroatoms. The summed E-state index contributed by atoms with van der Waals surface area (Å²) in [4.78, 5) is 13.7. The van der Waals surface area contributed by atoms with Gasteiger partial charge < -0.3 is 9.32 Å². The van der Waals surface area contributed by atoms with Crippen molar-refractivity contribution in [1.82, 2.24) is 4.90 Å². The third kappa shape index (κ3) is 2.38. The highest BCUT2D eigenvalue weighted by Crippen LogP contribution is 2.19. The molecule has 1 aromatic rings. The van der Waals surface area contributed by atoms with Gasteiger partial charge in [-0.3, -0.25) is 4.79 Å². The molecule has 0 aromatic carbocycles. The molecule has 1 rings (SSSR count). The second-order valence-corrected chi connectivity index (χ2v) is 3.71. The number of hydrogen-bond donors (Lipinski definition) is 0. The first-order chi connectivity index (χ1) is 6.70. The number of furan rings is 1. The molecule has 1 amide bonds. The van der Waals surface area contributed by atoms with Crippen LogP contribution >= 0.6 is 15.9 Å². The molecule has 0 N–H and O–H groups in total. The Morgan fingerprint density at radius 2 is 2.29 bits per heavy atom. The maximum absolute atomic E-state index is 11.9. The Kier molecular flexibility index (Phi) is 4.20. The first-order valence-corrected chi connectivity index (χ1v) is 5.52. The van der Waals surface area contributed by atoms with Gasteiger partial charge in [0, 0.05) is 13.1 Å². The molecule has 1 aromatic heterocycles. The summed E-state index contributed by atoms with van der Waals surface area (Å²) in [7, 11) is 0. The van der Waals surface area contributed by atoms with E-state index >= 15 is 0 Å². The fourth-order valence-electron chi connectivity index (χ4n) is 1.29. The maximum Gasteiger partial charge on any atom is 0.258 e. The van der Waals surface area contributed by atoms with Crippen molar-refractivity contribution in [2.24, 2.45) is 0 Å². The van der Waals surface area contributed by atoms with Crippen molar-refractivity contribution in [3.05, 3.63) is 22.6 Å². The van der Waals surface area contributed by atoms with Crippen LogP contribution in [0.2, 0.25) is 0 Å². The van der Waals surface area contributed by atoms with E-state index in [1.54, 1.807) is 11.0 Å². The fourth-order valence-corrected chi connectivity index (χ4v) is 1.70. The average molecular weight is 260 g/mol. The molecular weight excluding hydrogens is 246 g/mol. The van der Waals surface area contributed by atoms with Crippen LogP contribution in [-0.4, -0.2) is 23.9 Å². The number of halogens is 1. The van der Waals surface area contributed by atoms with E-state index in [4.69, 9.17) is 4.42 Å². The lowest BCUT2D eigenvalue weighted by Gasteiger charge is -2.19. The third-order valence-electron chi connectivity index (χ3n) is 2.01. The lowest BCUT2D eigenvalue weighted by Crippen LogP contribution is -2.31. The molecule has 0 radical (unpaired) electrons. The second kappa shape index (κ2) is 5.20. The molecule has 0 saturated heterocycles. The van der Waals surface area contributed by atoms with Crippen molar-refractivity contribution < 1.29 is 9.21 Å². The summed E-state index contributed by atoms with van der Waals surface area (Å²) >= 11 is 3.20. The number of amides is 1. The van der Waals surface area contributed by atoms with Gasteiger partial charge in [0.25, 0.3) is 5.91 Å². The molecule has 0 aliphatic carbocycles. The van der Waals surface area contributed by atoms with Gasteiger partial charge in [-0.25, -0.2) is 0 Å². The van der Waals surface area contributed by atoms with Crippen LogP contribution in [0.15, 0.2) is 21.4 Å². The van der Waals surface area contributed by atoms with Gasteiger partial charge in [0.05, 0.1) is 11.8 Å². The topological polar surface area (TPSA) is 33.5 Å². The second-order valence-electron chi connectivity index (χ2n) is 2.99. The molecule has 0 aliphatic heterocycles. The van der Waals surface area contributed by atoms with E-state index in [2.05, 4.69) is 22.9 Å². The minimum absolute atomic E-state index is 0.0231. The standard InChI is InChI=1S/C10H14BrNO2/c1-3-6-12(4-2)10(13)8-5-7-14-9(8)11/h5,7H,3-4,6H2,1-2H3. The Balaban J connectivity index is 2.78. The summed E-state index contributed by atoms with van der Waals surface area (Å²) in [5.74, 6) is 0.0231. The lowest BCUT2D eigenvalue weighted by molar-refractivity contribution is 0.0762. The number of carbonyl (C=O) groups excluding carboxylic acids is 1. The van der Waals surface area contributed by atoms with E-state index in [1.165, 1.54) is 6.26 Å². The minimum atomic E-state index is 0.0231. The Bertz CT molecular complexity index is 309. The molecule has 0 fully saturated rings. The van der Waals surface area contributed by atoms with E-state index in [0.717, 1.165) is 19.5 Å². The van der Waals surface area contributed by atoms with E-state index in [-0.39, 0.29) is 5.91 Å². The Morgan fingerprint density at radius 1 is 1.57 bits per heavy atom. The largest absolute Gasteiger partial charge is 0.457 e. The summed E-state index contributed by atoms with van der Waals surface area (Å²) in [6, 6.07) is 1.69. The molecule has 1 heterocycles.